The Morgan fingerprint density at radius 1 is 1.11 bits per heavy atom. The summed E-state index contributed by atoms with van der Waals surface area (Å²) in [5, 5.41) is 0. The van der Waals surface area contributed by atoms with E-state index in [4.69, 9.17) is 5.73 Å². The lowest BCUT2D eigenvalue weighted by atomic mass is 10.0. The third kappa shape index (κ3) is 4.38. The molecule has 1 saturated heterocycles. The van der Waals surface area contributed by atoms with Crippen molar-refractivity contribution in [1.82, 2.24) is 14.7 Å². The number of rotatable bonds is 3. The van der Waals surface area contributed by atoms with E-state index in [9.17, 15) is 9.59 Å². The standard InChI is InChI=1S/C13H26N4O2/c1-10(2)9-11(14)12(18)16-5-7-17(8-6-16)13(19)15(3)4/h10-11H,5-9,14H2,1-4H3. The monoisotopic (exact) mass is 270 g/mol. The van der Waals surface area contributed by atoms with Crippen LogP contribution >= 0.6 is 0 Å². The fourth-order valence-electron chi connectivity index (χ4n) is 2.24. The van der Waals surface area contributed by atoms with Crippen molar-refractivity contribution >= 4 is 11.9 Å². The van der Waals surface area contributed by atoms with Gasteiger partial charge in [-0.1, -0.05) is 13.8 Å². The quantitative estimate of drug-likeness (QED) is 0.795. The molecule has 6 heteroatoms. The van der Waals surface area contributed by atoms with Crippen LogP contribution in [-0.2, 0) is 4.79 Å². The highest BCUT2D eigenvalue weighted by molar-refractivity contribution is 5.82. The molecular weight excluding hydrogens is 244 g/mol. The van der Waals surface area contributed by atoms with E-state index in [1.807, 2.05) is 0 Å². The maximum Gasteiger partial charge on any atom is 0.319 e. The van der Waals surface area contributed by atoms with Crippen molar-refractivity contribution in [3.05, 3.63) is 0 Å². The van der Waals surface area contributed by atoms with Gasteiger partial charge in [0.1, 0.15) is 0 Å². The fraction of sp³-hybridized carbons (Fsp3) is 0.846. The molecule has 1 heterocycles. The molecule has 0 aromatic heterocycles. The fourth-order valence-corrected chi connectivity index (χ4v) is 2.24. The van der Waals surface area contributed by atoms with Gasteiger partial charge in [0.05, 0.1) is 6.04 Å². The van der Waals surface area contributed by atoms with Crippen LogP contribution in [0, 0.1) is 5.92 Å². The molecule has 0 aromatic carbocycles. The van der Waals surface area contributed by atoms with Crippen molar-refractivity contribution in [3.63, 3.8) is 0 Å². The molecule has 1 unspecified atom stereocenters. The summed E-state index contributed by atoms with van der Waals surface area (Å²) in [4.78, 5) is 29.0. The average molecular weight is 270 g/mol. The molecule has 0 aromatic rings. The van der Waals surface area contributed by atoms with Crippen LogP contribution in [0.4, 0.5) is 4.79 Å². The van der Waals surface area contributed by atoms with E-state index in [2.05, 4.69) is 13.8 Å². The molecule has 1 aliphatic heterocycles. The highest BCUT2D eigenvalue weighted by atomic mass is 16.2. The van der Waals surface area contributed by atoms with Gasteiger partial charge in [-0.25, -0.2) is 4.79 Å². The first-order chi connectivity index (χ1) is 8.82. The molecule has 110 valence electrons. The second kappa shape index (κ2) is 6.75. The summed E-state index contributed by atoms with van der Waals surface area (Å²) >= 11 is 0. The summed E-state index contributed by atoms with van der Waals surface area (Å²) in [6.45, 7) is 6.42. The van der Waals surface area contributed by atoms with Crippen LogP contribution < -0.4 is 5.73 Å². The van der Waals surface area contributed by atoms with E-state index in [0.29, 0.717) is 38.5 Å². The van der Waals surface area contributed by atoms with E-state index in [-0.39, 0.29) is 11.9 Å². The predicted octanol–water partition coefficient (Wildman–Crippen LogP) is 0.186. The first kappa shape index (κ1) is 15.8. The van der Waals surface area contributed by atoms with Crippen molar-refractivity contribution in [2.24, 2.45) is 11.7 Å². The number of carbonyl (C=O) groups excluding carboxylic acids is 2. The lowest BCUT2D eigenvalue weighted by molar-refractivity contribution is -0.134. The highest BCUT2D eigenvalue weighted by Gasteiger charge is 2.27. The SMILES string of the molecule is CC(C)CC(N)C(=O)N1CCN(C(=O)N(C)C)CC1. The number of carbonyl (C=O) groups is 2. The van der Waals surface area contributed by atoms with Crippen LogP contribution in [0.15, 0.2) is 0 Å². The number of hydrogen-bond donors (Lipinski definition) is 1. The Labute approximate surface area is 115 Å². The van der Waals surface area contributed by atoms with Crippen LogP contribution in [0.2, 0.25) is 0 Å². The molecular formula is C13H26N4O2. The summed E-state index contributed by atoms with van der Waals surface area (Å²) in [5.41, 5.74) is 5.91. The Morgan fingerprint density at radius 2 is 1.58 bits per heavy atom. The zero-order valence-electron chi connectivity index (χ0n) is 12.4. The second-order valence-electron chi connectivity index (χ2n) is 5.73. The third-order valence-electron chi connectivity index (χ3n) is 3.29. The van der Waals surface area contributed by atoms with E-state index in [1.54, 1.807) is 28.8 Å². The summed E-state index contributed by atoms with van der Waals surface area (Å²) in [7, 11) is 3.47. The number of nitrogens with two attached hydrogens (primary N) is 1. The number of amides is 3. The average Bonchev–Trinajstić information content (AvgIpc) is 2.36. The number of piperazine rings is 1. The minimum Gasteiger partial charge on any atom is -0.338 e. The first-order valence-corrected chi connectivity index (χ1v) is 6.83. The van der Waals surface area contributed by atoms with Gasteiger partial charge >= 0.3 is 6.03 Å². The smallest absolute Gasteiger partial charge is 0.319 e. The number of urea groups is 1. The summed E-state index contributed by atoms with van der Waals surface area (Å²) in [6, 6.07) is -0.422. The Morgan fingerprint density at radius 3 is 2.00 bits per heavy atom. The molecule has 0 radical (unpaired) electrons. The van der Waals surface area contributed by atoms with Crippen LogP contribution in [0.5, 0.6) is 0 Å². The summed E-state index contributed by atoms with van der Waals surface area (Å²) < 4.78 is 0. The maximum atomic E-state index is 12.1. The van der Waals surface area contributed by atoms with Crippen molar-refractivity contribution in [3.8, 4) is 0 Å². The minimum absolute atomic E-state index is 0.00132. The van der Waals surface area contributed by atoms with Gasteiger partial charge in [0.15, 0.2) is 0 Å². The lowest BCUT2D eigenvalue weighted by Gasteiger charge is -2.37. The zero-order chi connectivity index (χ0) is 14.6. The zero-order valence-corrected chi connectivity index (χ0v) is 12.4. The van der Waals surface area contributed by atoms with Gasteiger partial charge in [0.25, 0.3) is 0 Å². The Kier molecular flexibility index (Phi) is 5.60. The summed E-state index contributed by atoms with van der Waals surface area (Å²) in [5.74, 6) is 0.418. The van der Waals surface area contributed by atoms with Gasteiger partial charge in [-0.3, -0.25) is 4.79 Å². The largest absolute Gasteiger partial charge is 0.338 e. The highest BCUT2D eigenvalue weighted by Crippen LogP contribution is 2.09. The van der Waals surface area contributed by atoms with Gasteiger partial charge in [-0.15, -0.1) is 0 Å². The summed E-state index contributed by atoms with van der Waals surface area (Å²) in [6.07, 6.45) is 0.704. The molecule has 3 amide bonds. The Hall–Kier alpha value is -1.30. The van der Waals surface area contributed by atoms with E-state index in [1.165, 1.54) is 0 Å². The number of nitrogens with zero attached hydrogens (tertiary/aromatic N) is 3. The maximum absolute atomic E-state index is 12.1. The van der Waals surface area contributed by atoms with Gasteiger partial charge in [0, 0.05) is 40.3 Å². The minimum atomic E-state index is -0.420. The molecule has 0 spiro atoms. The predicted molar refractivity (Wildman–Crippen MR) is 74.7 cm³/mol. The second-order valence-corrected chi connectivity index (χ2v) is 5.73. The lowest BCUT2D eigenvalue weighted by Crippen LogP contribution is -2.55. The van der Waals surface area contributed by atoms with Crippen molar-refractivity contribution in [2.75, 3.05) is 40.3 Å². The van der Waals surface area contributed by atoms with E-state index in [0.717, 1.165) is 0 Å². The van der Waals surface area contributed by atoms with Crippen LogP contribution in [0.25, 0.3) is 0 Å². The van der Waals surface area contributed by atoms with Crippen molar-refractivity contribution < 1.29 is 9.59 Å². The number of hydrogen-bond acceptors (Lipinski definition) is 3. The molecule has 0 saturated carbocycles. The van der Waals surface area contributed by atoms with Gasteiger partial charge in [0.2, 0.25) is 5.91 Å². The van der Waals surface area contributed by atoms with Crippen LogP contribution in [0.1, 0.15) is 20.3 Å². The van der Waals surface area contributed by atoms with Crippen LogP contribution in [0.3, 0.4) is 0 Å². The molecule has 1 fully saturated rings. The topological polar surface area (TPSA) is 69.9 Å². The Bertz CT molecular complexity index is 323. The van der Waals surface area contributed by atoms with Gasteiger partial charge < -0.3 is 20.4 Å². The molecule has 1 aliphatic rings. The normalized spacial score (nSPS) is 17.6. The molecule has 2 N–H and O–H groups in total. The third-order valence-corrected chi connectivity index (χ3v) is 3.29. The van der Waals surface area contributed by atoms with Gasteiger partial charge in [-0.05, 0) is 12.3 Å². The van der Waals surface area contributed by atoms with Crippen molar-refractivity contribution in [2.45, 2.75) is 26.3 Å². The first-order valence-electron chi connectivity index (χ1n) is 6.83. The van der Waals surface area contributed by atoms with E-state index < -0.39 is 6.04 Å². The Balaban J connectivity index is 2.45. The molecule has 0 aliphatic carbocycles. The van der Waals surface area contributed by atoms with Crippen LogP contribution in [-0.4, -0.2) is 73.0 Å². The van der Waals surface area contributed by atoms with E-state index >= 15 is 0 Å². The molecule has 0 bridgehead atoms. The molecule has 1 atom stereocenters. The van der Waals surface area contributed by atoms with Crippen molar-refractivity contribution in [1.29, 1.82) is 0 Å². The van der Waals surface area contributed by atoms with Gasteiger partial charge in [-0.2, -0.15) is 0 Å². The molecule has 19 heavy (non-hydrogen) atoms. The molecule has 6 nitrogen and oxygen atoms in total. The molecule has 1 rings (SSSR count).